The van der Waals surface area contributed by atoms with Crippen LogP contribution in [0, 0.1) is 6.92 Å². The third kappa shape index (κ3) is 2.81. The Morgan fingerprint density at radius 1 is 0.792 bits per heavy atom. The quantitative estimate of drug-likeness (QED) is 0.650. The van der Waals surface area contributed by atoms with Crippen LogP contribution in [-0.4, -0.2) is 13.2 Å². The molecule has 3 heteroatoms. The molecule has 24 heavy (non-hydrogen) atoms. The van der Waals surface area contributed by atoms with Gasteiger partial charge in [-0.05, 0) is 43.3 Å². The molecule has 1 heterocycles. The van der Waals surface area contributed by atoms with E-state index in [9.17, 15) is 0 Å². The number of para-hydroxylation sites is 4. The average molecular weight is 317 g/mol. The van der Waals surface area contributed by atoms with E-state index in [4.69, 9.17) is 9.47 Å². The zero-order valence-electron chi connectivity index (χ0n) is 13.6. The number of benzene rings is 3. The summed E-state index contributed by atoms with van der Waals surface area (Å²) in [6.45, 7) is 3.43. The molecule has 3 nitrogen and oxygen atoms in total. The van der Waals surface area contributed by atoms with E-state index < -0.39 is 0 Å². The van der Waals surface area contributed by atoms with Gasteiger partial charge in [-0.3, -0.25) is 0 Å². The predicted molar refractivity (Wildman–Crippen MR) is 96.6 cm³/mol. The van der Waals surface area contributed by atoms with Crippen LogP contribution in [0.15, 0.2) is 72.8 Å². The fourth-order valence-corrected chi connectivity index (χ4v) is 2.91. The molecule has 1 aliphatic rings. The normalized spacial score (nSPS) is 12.1. The van der Waals surface area contributed by atoms with Crippen LogP contribution in [-0.2, 0) is 0 Å². The van der Waals surface area contributed by atoms with Crippen molar-refractivity contribution in [3.05, 3.63) is 78.4 Å². The van der Waals surface area contributed by atoms with Gasteiger partial charge in [-0.25, -0.2) is 0 Å². The summed E-state index contributed by atoms with van der Waals surface area (Å²) in [4.78, 5) is 2.25. The Morgan fingerprint density at radius 2 is 1.38 bits per heavy atom. The first-order valence-corrected chi connectivity index (χ1v) is 8.14. The van der Waals surface area contributed by atoms with Gasteiger partial charge < -0.3 is 14.4 Å². The fourth-order valence-electron chi connectivity index (χ4n) is 2.91. The standard InChI is InChI=1S/C21H19NO2/c1-16-10-12-17(13-11-16)23-15-14-22-18-6-2-4-8-20(18)24-21-9-5-3-7-19(21)22/h2-13H,14-15H2,1H3. The summed E-state index contributed by atoms with van der Waals surface area (Å²) in [5.41, 5.74) is 3.38. The molecule has 0 spiro atoms. The number of aryl methyl sites for hydroxylation is 1. The summed E-state index contributed by atoms with van der Waals surface area (Å²) in [7, 11) is 0. The molecule has 0 N–H and O–H groups in total. The van der Waals surface area contributed by atoms with E-state index >= 15 is 0 Å². The zero-order chi connectivity index (χ0) is 16.4. The van der Waals surface area contributed by atoms with Crippen molar-refractivity contribution in [1.82, 2.24) is 0 Å². The van der Waals surface area contributed by atoms with Crippen molar-refractivity contribution in [3.63, 3.8) is 0 Å². The number of hydrogen-bond acceptors (Lipinski definition) is 3. The van der Waals surface area contributed by atoms with Crippen LogP contribution in [0.1, 0.15) is 5.56 Å². The first kappa shape index (κ1) is 14.6. The molecule has 0 saturated heterocycles. The van der Waals surface area contributed by atoms with E-state index in [2.05, 4.69) is 36.1 Å². The molecule has 0 atom stereocenters. The van der Waals surface area contributed by atoms with Crippen LogP contribution >= 0.6 is 0 Å². The summed E-state index contributed by atoms with van der Waals surface area (Å²) < 4.78 is 11.9. The highest BCUT2D eigenvalue weighted by Crippen LogP contribution is 2.45. The summed E-state index contributed by atoms with van der Waals surface area (Å²) in [5, 5.41) is 0. The molecular formula is C21H19NO2. The van der Waals surface area contributed by atoms with Crippen LogP contribution in [0.4, 0.5) is 11.4 Å². The lowest BCUT2D eigenvalue weighted by Gasteiger charge is -2.32. The highest BCUT2D eigenvalue weighted by atomic mass is 16.5. The molecule has 0 radical (unpaired) electrons. The molecule has 0 unspecified atom stereocenters. The van der Waals surface area contributed by atoms with Gasteiger partial charge in [-0.1, -0.05) is 42.0 Å². The summed E-state index contributed by atoms with van der Waals surface area (Å²) in [5.74, 6) is 2.66. The Hall–Kier alpha value is -2.94. The monoisotopic (exact) mass is 317 g/mol. The van der Waals surface area contributed by atoms with Crippen molar-refractivity contribution >= 4 is 11.4 Å². The van der Waals surface area contributed by atoms with Crippen molar-refractivity contribution in [2.45, 2.75) is 6.92 Å². The Kier molecular flexibility index (Phi) is 3.83. The maximum atomic E-state index is 6.00. The van der Waals surface area contributed by atoms with Crippen molar-refractivity contribution in [1.29, 1.82) is 0 Å². The van der Waals surface area contributed by atoms with Gasteiger partial charge in [0.15, 0.2) is 11.5 Å². The minimum absolute atomic E-state index is 0.603. The van der Waals surface area contributed by atoms with E-state index in [1.54, 1.807) is 0 Å². The van der Waals surface area contributed by atoms with Gasteiger partial charge in [0.2, 0.25) is 0 Å². The van der Waals surface area contributed by atoms with Gasteiger partial charge in [0, 0.05) is 0 Å². The van der Waals surface area contributed by atoms with Gasteiger partial charge in [-0.2, -0.15) is 0 Å². The first-order chi connectivity index (χ1) is 11.8. The van der Waals surface area contributed by atoms with Crippen molar-refractivity contribution in [3.8, 4) is 17.2 Å². The molecule has 0 bridgehead atoms. The Labute approximate surface area is 142 Å². The number of nitrogens with zero attached hydrogens (tertiary/aromatic N) is 1. The van der Waals surface area contributed by atoms with Crippen LogP contribution in [0.2, 0.25) is 0 Å². The Morgan fingerprint density at radius 3 is 2.00 bits per heavy atom. The van der Waals surface area contributed by atoms with Gasteiger partial charge in [-0.15, -0.1) is 0 Å². The maximum absolute atomic E-state index is 6.00. The highest BCUT2D eigenvalue weighted by Gasteiger charge is 2.23. The molecule has 1 aliphatic heterocycles. The minimum atomic E-state index is 0.603. The molecule has 0 saturated carbocycles. The van der Waals surface area contributed by atoms with E-state index in [1.807, 2.05) is 48.5 Å². The predicted octanol–water partition coefficient (Wildman–Crippen LogP) is 5.32. The van der Waals surface area contributed by atoms with E-state index in [1.165, 1.54) is 5.56 Å². The van der Waals surface area contributed by atoms with Gasteiger partial charge >= 0.3 is 0 Å². The molecule has 0 amide bonds. The molecular weight excluding hydrogens is 298 g/mol. The topological polar surface area (TPSA) is 21.7 Å². The molecule has 0 aliphatic carbocycles. The summed E-state index contributed by atoms with van der Waals surface area (Å²) >= 11 is 0. The average Bonchev–Trinajstić information content (AvgIpc) is 2.63. The summed E-state index contributed by atoms with van der Waals surface area (Å²) in [6, 6.07) is 24.4. The second-order valence-corrected chi connectivity index (χ2v) is 5.85. The van der Waals surface area contributed by atoms with Crippen LogP contribution in [0.5, 0.6) is 17.2 Å². The van der Waals surface area contributed by atoms with Crippen LogP contribution < -0.4 is 14.4 Å². The van der Waals surface area contributed by atoms with Crippen LogP contribution in [0.3, 0.4) is 0 Å². The molecule has 4 rings (SSSR count). The Bertz CT molecular complexity index is 797. The van der Waals surface area contributed by atoms with E-state index in [0.717, 1.165) is 35.2 Å². The first-order valence-electron chi connectivity index (χ1n) is 8.14. The third-order valence-corrected chi connectivity index (χ3v) is 4.14. The van der Waals surface area contributed by atoms with Crippen molar-refractivity contribution in [2.75, 3.05) is 18.1 Å². The number of ether oxygens (including phenoxy) is 2. The maximum Gasteiger partial charge on any atom is 0.151 e. The largest absolute Gasteiger partial charge is 0.492 e. The summed E-state index contributed by atoms with van der Waals surface area (Å²) in [6.07, 6.45) is 0. The smallest absolute Gasteiger partial charge is 0.151 e. The molecule has 3 aromatic carbocycles. The molecule has 120 valence electrons. The van der Waals surface area contributed by atoms with Crippen molar-refractivity contribution < 1.29 is 9.47 Å². The molecule has 0 aromatic heterocycles. The lowest BCUT2D eigenvalue weighted by Crippen LogP contribution is -2.26. The van der Waals surface area contributed by atoms with E-state index in [0.29, 0.717) is 6.61 Å². The van der Waals surface area contributed by atoms with E-state index in [-0.39, 0.29) is 0 Å². The Balaban J connectivity index is 1.55. The highest BCUT2D eigenvalue weighted by molar-refractivity contribution is 5.77. The SMILES string of the molecule is Cc1ccc(OCCN2c3ccccc3Oc3ccccc32)cc1. The zero-order valence-corrected chi connectivity index (χ0v) is 13.6. The number of hydrogen-bond donors (Lipinski definition) is 0. The van der Waals surface area contributed by atoms with Gasteiger partial charge in [0.25, 0.3) is 0 Å². The molecule has 0 fully saturated rings. The minimum Gasteiger partial charge on any atom is -0.492 e. The number of fused-ring (bicyclic) bond motifs is 2. The van der Waals surface area contributed by atoms with Crippen molar-refractivity contribution in [2.24, 2.45) is 0 Å². The lowest BCUT2D eigenvalue weighted by atomic mass is 10.1. The number of anilines is 2. The molecule has 3 aromatic rings. The van der Waals surface area contributed by atoms with Crippen LogP contribution in [0.25, 0.3) is 0 Å². The second kappa shape index (κ2) is 6.28. The second-order valence-electron chi connectivity index (χ2n) is 5.85. The van der Waals surface area contributed by atoms with Gasteiger partial charge in [0.05, 0.1) is 17.9 Å². The lowest BCUT2D eigenvalue weighted by molar-refractivity contribution is 0.326. The number of rotatable bonds is 4. The van der Waals surface area contributed by atoms with Gasteiger partial charge in [0.1, 0.15) is 12.4 Å². The fraction of sp³-hybridized carbons (Fsp3) is 0.143. The third-order valence-electron chi connectivity index (χ3n) is 4.14.